The lowest BCUT2D eigenvalue weighted by molar-refractivity contribution is -0.141. The molecule has 1 atom stereocenters. The smallest absolute Gasteiger partial charge is 0.416 e. The summed E-state index contributed by atoms with van der Waals surface area (Å²) in [6, 6.07) is 2.64. The first kappa shape index (κ1) is 30.5. The third-order valence-corrected chi connectivity index (χ3v) is 8.48. The highest BCUT2D eigenvalue weighted by Crippen LogP contribution is 2.46. The fourth-order valence-electron chi connectivity index (χ4n) is 5.62. The van der Waals surface area contributed by atoms with Crippen molar-refractivity contribution in [3.63, 3.8) is 0 Å². The number of carbonyl (C=O) groups excluding carboxylic acids is 1. The number of hydrogen-bond donors (Lipinski definition) is 1. The van der Waals surface area contributed by atoms with Crippen LogP contribution in [0.3, 0.4) is 0 Å². The van der Waals surface area contributed by atoms with Gasteiger partial charge in [-0.05, 0) is 68.2 Å². The summed E-state index contributed by atoms with van der Waals surface area (Å²) in [7, 11) is 0. The first-order valence-electron chi connectivity index (χ1n) is 13.7. The number of likely N-dealkylation sites (tertiary alicyclic amines) is 2. The van der Waals surface area contributed by atoms with Crippen LogP contribution in [0.1, 0.15) is 71.5 Å². The molecule has 6 nitrogen and oxygen atoms in total. The molecule has 0 aromatic heterocycles. The molecule has 42 heavy (non-hydrogen) atoms. The molecule has 13 heteroatoms. The standard InChI is InChI=1S/C29H29ClF6N2O4/c30-21-11-18(29(34,35)36)10-17(25(21)32)14-37-8-5-28(33,6-9-37)15-42-24-13-22(31)20(12-19(24)16-3-4-16)26(39)38-7-1-2-23(38)27(40)41/h10-13,16,23H,1-9,14-15H2,(H,40,41)/t23-/m0/s1. The van der Waals surface area contributed by atoms with E-state index in [2.05, 4.69) is 0 Å². The molecule has 3 aliphatic rings. The Balaban J connectivity index is 1.24. The zero-order valence-electron chi connectivity index (χ0n) is 22.5. The van der Waals surface area contributed by atoms with Crippen LogP contribution in [-0.4, -0.2) is 64.7 Å². The van der Waals surface area contributed by atoms with Crippen molar-refractivity contribution in [1.82, 2.24) is 9.80 Å². The van der Waals surface area contributed by atoms with Crippen LogP contribution in [0.2, 0.25) is 5.02 Å². The Bertz CT molecular complexity index is 1370. The van der Waals surface area contributed by atoms with Crippen LogP contribution < -0.4 is 4.74 Å². The van der Waals surface area contributed by atoms with Gasteiger partial charge in [-0.3, -0.25) is 9.69 Å². The number of rotatable bonds is 8. The molecule has 0 spiro atoms. The Morgan fingerprint density at radius 1 is 1.05 bits per heavy atom. The number of amides is 1. The average Bonchev–Trinajstić information content (AvgIpc) is 3.65. The summed E-state index contributed by atoms with van der Waals surface area (Å²) in [5.74, 6) is -3.58. The number of carbonyl (C=O) groups is 2. The Labute approximate surface area is 243 Å². The summed E-state index contributed by atoms with van der Waals surface area (Å²) < 4.78 is 90.5. The summed E-state index contributed by atoms with van der Waals surface area (Å²) in [5.41, 5.74) is -2.81. The molecule has 0 radical (unpaired) electrons. The van der Waals surface area contributed by atoms with Gasteiger partial charge in [-0.15, -0.1) is 0 Å². The number of hydrogen-bond acceptors (Lipinski definition) is 4. The molecule has 2 saturated heterocycles. The van der Waals surface area contributed by atoms with Crippen LogP contribution in [0.25, 0.3) is 0 Å². The fourth-order valence-corrected chi connectivity index (χ4v) is 5.86. The molecule has 2 aliphatic heterocycles. The predicted molar refractivity (Wildman–Crippen MR) is 140 cm³/mol. The van der Waals surface area contributed by atoms with Gasteiger partial charge in [0.05, 0.1) is 16.1 Å². The lowest BCUT2D eigenvalue weighted by atomic mass is 9.93. The molecule has 2 aromatic carbocycles. The van der Waals surface area contributed by atoms with Gasteiger partial charge in [-0.2, -0.15) is 13.2 Å². The molecule has 1 N–H and O–H groups in total. The van der Waals surface area contributed by atoms with Crippen LogP contribution in [0.4, 0.5) is 26.3 Å². The minimum Gasteiger partial charge on any atom is -0.490 e. The van der Waals surface area contributed by atoms with E-state index in [1.165, 1.54) is 6.07 Å². The zero-order valence-corrected chi connectivity index (χ0v) is 23.2. The number of halogens is 7. The lowest BCUT2D eigenvalue weighted by Gasteiger charge is -2.36. The van der Waals surface area contributed by atoms with Crippen molar-refractivity contribution in [2.75, 3.05) is 26.2 Å². The number of carboxylic acid groups (broad SMARTS) is 1. The van der Waals surface area contributed by atoms with Crippen LogP contribution in [0.15, 0.2) is 24.3 Å². The van der Waals surface area contributed by atoms with Crippen LogP contribution in [0.5, 0.6) is 5.75 Å². The second-order valence-corrected chi connectivity index (χ2v) is 11.7. The van der Waals surface area contributed by atoms with E-state index in [0.717, 1.165) is 23.8 Å². The molecule has 0 bridgehead atoms. The maximum absolute atomic E-state index is 15.7. The quantitative estimate of drug-likeness (QED) is 0.338. The van der Waals surface area contributed by atoms with E-state index in [-0.39, 0.29) is 68.2 Å². The van der Waals surface area contributed by atoms with Crippen molar-refractivity contribution >= 4 is 23.5 Å². The van der Waals surface area contributed by atoms with Crippen molar-refractivity contribution in [2.24, 2.45) is 0 Å². The number of nitrogens with zero attached hydrogens (tertiary/aromatic N) is 2. The van der Waals surface area contributed by atoms with Crippen LogP contribution in [0, 0.1) is 11.6 Å². The monoisotopic (exact) mass is 618 g/mol. The van der Waals surface area contributed by atoms with Crippen molar-refractivity contribution in [2.45, 2.75) is 68.9 Å². The summed E-state index contributed by atoms with van der Waals surface area (Å²) in [6.45, 7) is -0.153. The maximum Gasteiger partial charge on any atom is 0.416 e. The second-order valence-electron chi connectivity index (χ2n) is 11.3. The summed E-state index contributed by atoms with van der Waals surface area (Å²) >= 11 is 5.68. The SMILES string of the molecule is O=C(O)[C@@H]1CCCN1C(=O)c1cc(C2CC2)c(OCC2(F)CCN(Cc3cc(C(F)(F)F)cc(Cl)c3F)CC2)cc1F. The Morgan fingerprint density at radius 3 is 2.36 bits per heavy atom. The van der Waals surface area contributed by atoms with Gasteiger partial charge in [0, 0.05) is 37.8 Å². The molecule has 228 valence electrons. The van der Waals surface area contributed by atoms with Crippen molar-refractivity contribution in [3.05, 3.63) is 63.2 Å². The van der Waals surface area contributed by atoms with E-state index in [4.69, 9.17) is 16.3 Å². The van der Waals surface area contributed by atoms with E-state index in [1.807, 2.05) is 0 Å². The van der Waals surface area contributed by atoms with Gasteiger partial charge in [0.2, 0.25) is 0 Å². The van der Waals surface area contributed by atoms with E-state index < -0.39 is 58.6 Å². The molecule has 0 unspecified atom stereocenters. The third-order valence-electron chi connectivity index (χ3n) is 8.21. The minimum absolute atomic E-state index is 0.00703. The van der Waals surface area contributed by atoms with Gasteiger partial charge in [0.1, 0.15) is 35.7 Å². The van der Waals surface area contributed by atoms with Crippen LogP contribution >= 0.6 is 11.6 Å². The van der Waals surface area contributed by atoms with Crippen molar-refractivity contribution in [1.29, 1.82) is 0 Å². The Morgan fingerprint density at radius 2 is 1.74 bits per heavy atom. The number of carboxylic acids is 1. The summed E-state index contributed by atoms with van der Waals surface area (Å²) in [6.07, 6.45) is -2.45. The van der Waals surface area contributed by atoms with Crippen molar-refractivity contribution < 1.29 is 45.8 Å². The second kappa shape index (κ2) is 11.6. The first-order chi connectivity index (χ1) is 19.8. The van der Waals surface area contributed by atoms with Gasteiger partial charge < -0.3 is 14.7 Å². The third kappa shape index (κ3) is 6.49. The summed E-state index contributed by atoms with van der Waals surface area (Å²) in [5, 5.41) is 8.77. The van der Waals surface area contributed by atoms with Gasteiger partial charge in [-0.25, -0.2) is 18.0 Å². The topological polar surface area (TPSA) is 70.1 Å². The molecule has 1 saturated carbocycles. The number of alkyl halides is 4. The van der Waals surface area contributed by atoms with Gasteiger partial charge in [0.15, 0.2) is 0 Å². The van der Waals surface area contributed by atoms with E-state index in [9.17, 15) is 32.3 Å². The predicted octanol–water partition coefficient (Wildman–Crippen LogP) is 6.59. The molecule has 2 heterocycles. The Kier molecular flexibility index (Phi) is 8.41. The molecule has 1 aliphatic carbocycles. The highest BCUT2D eigenvalue weighted by Gasteiger charge is 2.39. The highest BCUT2D eigenvalue weighted by atomic mass is 35.5. The van der Waals surface area contributed by atoms with E-state index in [0.29, 0.717) is 24.1 Å². The molecule has 1 amide bonds. The molecule has 2 aromatic rings. The number of piperidine rings is 1. The lowest BCUT2D eigenvalue weighted by Crippen LogP contribution is -2.44. The fraction of sp³-hybridized carbons (Fsp3) is 0.517. The molecule has 5 rings (SSSR count). The maximum atomic E-state index is 15.7. The van der Waals surface area contributed by atoms with Gasteiger partial charge >= 0.3 is 12.1 Å². The minimum atomic E-state index is -4.70. The summed E-state index contributed by atoms with van der Waals surface area (Å²) in [4.78, 5) is 27.3. The molecular formula is C29H29ClF6N2O4. The van der Waals surface area contributed by atoms with Crippen LogP contribution in [-0.2, 0) is 17.5 Å². The van der Waals surface area contributed by atoms with Gasteiger partial charge in [0.25, 0.3) is 5.91 Å². The largest absolute Gasteiger partial charge is 0.490 e. The Hall–Kier alpha value is -2.99. The number of aliphatic carboxylic acids is 1. The number of benzene rings is 2. The first-order valence-corrected chi connectivity index (χ1v) is 14.1. The van der Waals surface area contributed by atoms with Gasteiger partial charge in [-0.1, -0.05) is 11.6 Å². The average molecular weight is 619 g/mol. The molecular weight excluding hydrogens is 590 g/mol. The highest BCUT2D eigenvalue weighted by molar-refractivity contribution is 6.30. The molecule has 3 fully saturated rings. The zero-order chi connectivity index (χ0) is 30.4. The van der Waals surface area contributed by atoms with E-state index >= 15 is 8.78 Å². The number of ether oxygens (including phenoxy) is 1. The van der Waals surface area contributed by atoms with Crippen molar-refractivity contribution in [3.8, 4) is 5.75 Å². The normalized spacial score (nSPS) is 21.0. The van der Waals surface area contributed by atoms with E-state index in [1.54, 1.807) is 4.90 Å².